The molecule has 1 aromatic rings. The number of carbonyl (C=O) groups excluding carboxylic acids is 1. The molecule has 1 aromatic carbocycles. The molecule has 0 bridgehead atoms. The molecule has 0 aromatic heterocycles. The van der Waals surface area contributed by atoms with Crippen molar-refractivity contribution in [3.8, 4) is 0 Å². The minimum absolute atomic E-state index is 0.185. The topological polar surface area (TPSA) is 26.3 Å². The summed E-state index contributed by atoms with van der Waals surface area (Å²) < 4.78 is 17.1. The molecule has 0 N–H and O–H groups in total. The number of halogens is 1. The first-order chi connectivity index (χ1) is 7.22. The molecule has 0 unspecified atom stereocenters. The van der Waals surface area contributed by atoms with Crippen molar-refractivity contribution >= 4 is 17.7 Å². The van der Waals surface area contributed by atoms with Gasteiger partial charge in [0, 0.05) is 11.3 Å². The Morgan fingerprint density at radius 2 is 2.07 bits per heavy atom. The first-order valence-electron chi connectivity index (χ1n) is 4.67. The van der Waals surface area contributed by atoms with Crippen LogP contribution >= 0.6 is 11.8 Å². The van der Waals surface area contributed by atoms with Gasteiger partial charge in [0.25, 0.3) is 0 Å². The van der Waals surface area contributed by atoms with Crippen LogP contribution in [0.3, 0.4) is 0 Å². The number of esters is 1. The number of ether oxygens (including phenoxy) is 1. The van der Waals surface area contributed by atoms with E-state index in [4.69, 9.17) is 0 Å². The second kappa shape index (κ2) is 6.45. The molecule has 0 amide bonds. The lowest BCUT2D eigenvalue weighted by atomic mass is 10.3. The molecular weight excluding hydrogens is 215 g/mol. The van der Waals surface area contributed by atoms with Gasteiger partial charge in [-0.3, -0.25) is 4.79 Å². The standard InChI is InChI=1S/C11H13FO2S/c1-14-11(13)3-2-8-15-10-6-4-9(12)5-7-10/h4-7H,2-3,8H2,1H3. The zero-order valence-electron chi connectivity index (χ0n) is 8.53. The van der Waals surface area contributed by atoms with Crippen LogP contribution in [0.25, 0.3) is 0 Å². The molecule has 0 aliphatic heterocycles. The van der Waals surface area contributed by atoms with Crippen LogP contribution in [0.2, 0.25) is 0 Å². The van der Waals surface area contributed by atoms with Crippen LogP contribution in [0.1, 0.15) is 12.8 Å². The van der Waals surface area contributed by atoms with Gasteiger partial charge in [-0.2, -0.15) is 0 Å². The molecule has 0 atom stereocenters. The fourth-order valence-corrected chi connectivity index (χ4v) is 1.89. The van der Waals surface area contributed by atoms with Gasteiger partial charge in [-0.1, -0.05) is 0 Å². The maximum atomic E-state index is 12.6. The van der Waals surface area contributed by atoms with Gasteiger partial charge < -0.3 is 4.74 Å². The second-order valence-corrected chi connectivity index (χ2v) is 4.15. The van der Waals surface area contributed by atoms with Crippen molar-refractivity contribution in [3.05, 3.63) is 30.1 Å². The van der Waals surface area contributed by atoms with Gasteiger partial charge in [-0.25, -0.2) is 4.39 Å². The monoisotopic (exact) mass is 228 g/mol. The molecule has 15 heavy (non-hydrogen) atoms. The average molecular weight is 228 g/mol. The lowest BCUT2D eigenvalue weighted by Gasteiger charge is -2.01. The number of thioether (sulfide) groups is 1. The Hall–Kier alpha value is -1.03. The minimum Gasteiger partial charge on any atom is -0.469 e. The Morgan fingerprint density at radius 3 is 2.67 bits per heavy atom. The summed E-state index contributed by atoms with van der Waals surface area (Å²) in [6.07, 6.45) is 1.21. The van der Waals surface area contributed by atoms with Gasteiger partial charge in [-0.15, -0.1) is 11.8 Å². The summed E-state index contributed by atoms with van der Waals surface area (Å²) >= 11 is 1.61. The number of methoxy groups -OCH3 is 1. The average Bonchev–Trinajstić information content (AvgIpc) is 2.26. The molecular formula is C11H13FO2S. The number of hydrogen-bond acceptors (Lipinski definition) is 3. The third kappa shape index (κ3) is 4.83. The molecule has 0 saturated carbocycles. The fourth-order valence-electron chi connectivity index (χ4n) is 1.04. The molecule has 0 spiro atoms. The summed E-state index contributed by atoms with van der Waals surface area (Å²) in [5.41, 5.74) is 0. The molecule has 0 saturated heterocycles. The van der Waals surface area contributed by atoms with Crippen LogP contribution in [-0.4, -0.2) is 18.8 Å². The summed E-state index contributed by atoms with van der Waals surface area (Å²) in [7, 11) is 1.38. The van der Waals surface area contributed by atoms with Gasteiger partial charge in [0.2, 0.25) is 0 Å². The predicted molar refractivity (Wildman–Crippen MR) is 58.4 cm³/mol. The zero-order valence-corrected chi connectivity index (χ0v) is 9.35. The van der Waals surface area contributed by atoms with E-state index >= 15 is 0 Å². The van der Waals surface area contributed by atoms with E-state index in [0.717, 1.165) is 17.1 Å². The molecule has 0 fully saturated rings. The summed E-state index contributed by atoms with van der Waals surface area (Å²) in [5.74, 6) is 0.421. The molecule has 0 aliphatic rings. The van der Waals surface area contributed by atoms with E-state index in [2.05, 4.69) is 4.74 Å². The third-order valence-corrected chi connectivity index (χ3v) is 2.93. The van der Waals surface area contributed by atoms with Crippen LogP contribution in [0.15, 0.2) is 29.2 Å². The van der Waals surface area contributed by atoms with Crippen LogP contribution in [0.5, 0.6) is 0 Å². The maximum absolute atomic E-state index is 12.6. The quantitative estimate of drug-likeness (QED) is 0.440. The van der Waals surface area contributed by atoms with E-state index in [9.17, 15) is 9.18 Å². The van der Waals surface area contributed by atoms with Crippen molar-refractivity contribution in [2.75, 3.05) is 12.9 Å². The maximum Gasteiger partial charge on any atom is 0.305 e. The lowest BCUT2D eigenvalue weighted by molar-refractivity contribution is -0.140. The molecule has 0 radical (unpaired) electrons. The highest BCUT2D eigenvalue weighted by atomic mass is 32.2. The van der Waals surface area contributed by atoms with E-state index in [0.29, 0.717) is 6.42 Å². The van der Waals surface area contributed by atoms with Crippen molar-refractivity contribution in [1.29, 1.82) is 0 Å². The molecule has 0 heterocycles. The van der Waals surface area contributed by atoms with E-state index in [1.54, 1.807) is 23.9 Å². The van der Waals surface area contributed by atoms with E-state index in [1.807, 2.05) is 0 Å². The normalized spacial score (nSPS) is 10.0. The van der Waals surface area contributed by atoms with E-state index in [1.165, 1.54) is 19.2 Å². The molecule has 4 heteroatoms. The Morgan fingerprint density at radius 1 is 1.40 bits per heavy atom. The summed E-state index contributed by atoms with van der Waals surface area (Å²) in [6, 6.07) is 6.33. The molecule has 0 aliphatic carbocycles. The number of carbonyl (C=O) groups is 1. The van der Waals surface area contributed by atoms with Gasteiger partial charge in [-0.05, 0) is 36.4 Å². The van der Waals surface area contributed by atoms with Crippen LogP contribution in [0.4, 0.5) is 4.39 Å². The summed E-state index contributed by atoms with van der Waals surface area (Å²) in [6.45, 7) is 0. The van der Waals surface area contributed by atoms with E-state index < -0.39 is 0 Å². The van der Waals surface area contributed by atoms with Gasteiger partial charge in [0.1, 0.15) is 5.82 Å². The fraction of sp³-hybridized carbons (Fsp3) is 0.364. The molecule has 82 valence electrons. The van der Waals surface area contributed by atoms with Gasteiger partial charge in [0.05, 0.1) is 7.11 Å². The Bertz CT molecular complexity index is 311. The SMILES string of the molecule is COC(=O)CCCSc1ccc(F)cc1. The zero-order chi connectivity index (χ0) is 11.1. The number of benzene rings is 1. The minimum atomic E-state index is -0.228. The van der Waals surface area contributed by atoms with Gasteiger partial charge in [0.15, 0.2) is 0 Å². The smallest absolute Gasteiger partial charge is 0.305 e. The van der Waals surface area contributed by atoms with Gasteiger partial charge >= 0.3 is 5.97 Å². The van der Waals surface area contributed by atoms with Crippen molar-refractivity contribution in [1.82, 2.24) is 0 Å². The largest absolute Gasteiger partial charge is 0.469 e. The van der Waals surface area contributed by atoms with Crippen LogP contribution in [-0.2, 0) is 9.53 Å². The first-order valence-corrected chi connectivity index (χ1v) is 5.66. The Balaban J connectivity index is 2.20. The van der Waals surface area contributed by atoms with Crippen molar-refractivity contribution < 1.29 is 13.9 Å². The molecule has 1 rings (SSSR count). The highest BCUT2D eigenvalue weighted by molar-refractivity contribution is 7.99. The Kier molecular flexibility index (Phi) is 5.18. The van der Waals surface area contributed by atoms with Crippen LogP contribution in [0, 0.1) is 5.82 Å². The summed E-state index contributed by atoms with van der Waals surface area (Å²) in [5, 5.41) is 0. The van der Waals surface area contributed by atoms with Crippen LogP contribution < -0.4 is 0 Å². The lowest BCUT2D eigenvalue weighted by Crippen LogP contribution is -1.99. The van der Waals surface area contributed by atoms with Crippen molar-refractivity contribution in [3.63, 3.8) is 0 Å². The Labute approximate surface area is 92.8 Å². The highest BCUT2D eigenvalue weighted by Gasteiger charge is 2.00. The predicted octanol–water partition coefficient (Wildman–Crippen LogP) is 2.87. The van der Waals surface area contributed by atoms with E-state index in [-0.39, 0.29) is 11.8 Å². The second-order valence-electron chi connectivity index (χ2n) is 2.98. The summed E-state index contributed by atoms with van der Waals surface area (Å²) in [4.78, 5) is 11.8. The van der Waals surface area contributed by atoms with Crippen molar-refractivity contribution in [2.24, 2.45) is 0 Å². The molecule has 2 nitrogen and oxygen atoms in total. The van der Waals surface area contributed by atoms with Crippen molar-refractivity contribution in [2.45, 2.75) is 17.7 Å². The highest BCUT2D eigenvalue weighted by Crippen LogP contribution is 2.19. The number of hydrogen-bond donors (Lipinski definition) is 0. The first kappa shape index (κ1) is 12.0. The number of rotatable bonds is 5. The third-order valence-electron chi connectivity index (χ3n) is 1.84.